The van der Waals surface area contributed by atoms with Gasteiger partial charge in [0.05, 0.1) is 23.8 Å². The number of imidazole rings is 1. The van der Waals surface area contributed by atoms with E-state index in [1.54, 1.807) is 6.26 Å². The Kier molecular flexibility index (Phi) is 4.95. The molecule has 1 atom stereocenters. The average Bonchev–Trinajstić information content (AvgIpc) is 3.37. The SMILES string of the molecule is Cn1c(C2CCCN(C3CCN(Cc4ccco4)CC3)C2)nc2ccccc21. The van der Waals surface area contributed by atoms with Crippen molar-refractivity contribution in [1.82, 2.24) is 19.4 Å². The molecule has 0 spiro atoms. The summed E-state index contributed by atoms with van der Waals surface area (Å²) in [6.07, 6.45) is 6.83. The first-order valence-electron chi connectivity index (χ1n) is 10.7. The fraction of sp³-hybridized carbons (Fsp3) is 0.522. The topological polar surface area (TPSA) is 37.4 Å². The molecule has 5 nitrogen and oxygen atoms in total. The van der Waals surface area contributed by atoms with E-state index in [-0.39, 0.29) is 0 Å². The molecule has 0 amide bonds. The highest BCUT2D eigenvalue weighted by Crippen LogP contribution is 2.31. The maximum atomic E-state index is 5.52. The summed E-state index contributed by atoms with van der Waals surface area (Å²) in [7, 11) is 2.18. The lowest BCUT2D eigenvalue weighted by atomic mass is 9.93. The van der Waals surface area contributed by atoms with Crippen molar-refractivity contribution in [3.05, 3.63) is 54.2 Å². The van der Waals surface area contributed by atoms with E-state index in [4.69, 9.17) is 9.40 Å². The summed E-state index contributed by atoms with van der Waals surface area (Å²) in [6, 6.07) is 13.3. The van der Waals surface area contributed by atoms with Gasteiger partial charge in [0.25, 0.3) is 0 Å². The minimum Gasteiger partial charge on any atom is -0.468 e. The lowest BCUT2D eigenvalue weighted by molar-refractivity contribution is 0.0783. The first-order chi connectivity index (χ1) is 13.8. The summed E-state index contributed by atoms with van der Waals surface area (Å²) >= 11 is 0. The van der Waals surface area contributed by atoms with Crippen molar-refractivity contribution in [1.29, 1.82) is 0 Å². The first-order valence-corrected chi connectivity index (χ1v) is 10.7. The van der Waals surface area contributed by atoms with Gasteiger partial charge in [-0.25, -0.2) is 4.98 Å². The number of likely N-dealkylation sites (tertiary alicyclic amines) is 2. The lowest BCUT2D eigenvalue weighted by Gasteiger charge is -2.42. The fourth-order valence-corrected chi connectivity index (χ4v) is 5.14. The Morgan fingerprint density at radius 2 is 1.89 bits per heavy atom. The third-order valence-electron chi connectivity index (χ3n) is 6.67. The van der Waals surface area contributed by atoms with Crippen molar-refractivity contribution in [2.75, 3.05) is 26.2 Å². The Morgan fingerprint density at radius 3 is 2.68 bits per heavy atom. The first kappa shape index (κ1) is 18.0. The van der Waals surface area contributed by atoms with Crippen molar-refractivity contribution in [2.24, 2.45) is 7.05 Å². The van der Waals surface area contributed by atoms with E-state index in [1.807, 2.05) is 6.07 Å². The lowest BCUT2D eigenvalue weighted by Crippen LogP contribution is -2.48. The van der Waals surface area contributed by atoms with Gasteiger partial charge in [-0.15, -0.1) is 0 Å². The van der Waals surface area contributed by atoms with E-state index >= 15 is 0 Å². The molecule has 3 aromatic rings. The van der Waals surface area contributed by atoms with Gasteiger partial charge in [-0.05, 0) is 56.5 Å². The maximum Gasteiger partial charge on any atom is 0.117 e. The number of rotatable bonds is 4. The van der Waals surface area contributed by atoms with Crippen LogP contribution in [0.2, 0.25) is 0 Å². The molecule has 2 aromatic heterocycles. The molecule has 2 aliphatic heterocycles. The molecule has 5 heteroatoms. The highest BCUT2D eigenvalue weighted by Gasteiger charge is 2.31. The Hall–Kier alpha value is -2.11. The molecule has 2 fully saturated rings. The Labute approximate surface area is 166 Å². The van der Waals surface area contributed by atoms with Gasteiger partial charge in [-0.2, -0.15) is 0 Å². The molecule has 0 bridgehead atoms. The van der Waals surface area contributed by atoms with E-state index in [0.29, 0.717) is 12.0 Å². The second-order valence-corrected chi connectivity index (χ2v) is 8.44. The number of benzene rings is 1. The predicted octanol–water partition coefficient (Wildman–Crippen LogP) is 4.01. The molecule has 0 N–H and O–H groups in total. The van der Waals surface area contributed by atoms with Crippen LogP contribution < -0.4 is 0 Å². The molecule has 0 radical (unpaired) electrons. The number of hydrogen-bond acceptors (Lipinski definition) is 4. The monoisotopic (exact) mass is 378 g/mol. The van der Waals surface area contributed by atoms with Gasteiger partial charge < -0.3 is 8.98 Å². The summed E-state index contributed by atoms with van der Waals surface area (Å²) in [5.74, 6) is 2.90. The van der Waals surface area contributed by atoms with E-state index in [9.17, 15) is 0 Å². The number of furan rings is 1. The molecule has 0 aliphatic carbocycles. The zero-order valence-electron chi connectivity index (χ0n) is 16.8. The van der Waals surface area contributed by atoms with Crippen LogP contribution in [-0.4, -0.2) is 51.6 Å². The van der Waals surface area contributed by atoms with Crippen LogP contribution in [0.1, 0.15) is 43.2 Å². The number of para-hydroxylation sites is 2. The van der Waals surface area contributed by atoms with Crippen LogP contribution in [0.25, 0.3) is 11.0 Å². The number of nitrogens with zero attached hydrogens (tertiary/aromatic N) is 4. The molecular weight excluding hydrogens is 348 g/mol. The van der Waals surface area contributed by atoms with Gasteiger partial charge in [0.2, 0.25) is 0 Å². The zero-order chi connectivity index (χ0) is 18.9. The molecule has 0 saturated carbocycles. The molecule has 2 aliphatic rings. The molecule has 2 saturated heterocycles. The smallest absolute Gasteiger partial charge is 0.117 e. The van der Waals surface area contributed by atoms with Crippen molar-refractivity contribution < 1.29 is 4.42 Å². The minimum atomic E-state index is 0.548. The number of aromatic nitrogens is 2. The van der Waals surface area contributed by atoms with Gasteiger partial charge in [-0.1, -0.05) is 12.1 Å². The van der Waals surface area contributed by atoms with E-state index in [1.165, 1.54) is 56.7 Å². The maximum absolute atomic E-state index is 5.52. The van der Waals surface area contributed by atoms with Crippen LogP contribution in [0.3, 0.4) is 0 Å². The normalized spacial score (nSPS) is 22.8. The molecular formula is C23H30N4O. The molecule has 1 unspecified atom stereocenters. The number of hydrogen-bond donors (Lipinski definition) is 0. The summed E-state index contributed by atoms with van der Waals surface area (Å²) in [6.45, 7) is 5.67. The van der Waals surface area contributed by atoms with Gasteiger partial charge in [0.15, 0.2) is 0 Å². The number of aryl methyl sites for hydroxylation is 1. The van der Waals surface area contributed by atoms with Crippen molar-refractivity contribution in [3.63, 3.8) is 0 Å². The van der Waals surface area contributed by atoms with Crippen molar-refractivity contribution in [3.8, 4) is 0 Å². The summed E-state index contributed by atoms with van der Waals surface area (Å²) in [4.78, 5) is 10.3. The summed E-state index contributed by atoms with van der Waals surface area (Å²) in [5.41, 5.74) is 2.38. The quantitative estimate of drug-likeness (QED) is 0.687. The van der Waals surface area contributed by atoms with Gasteiger partial charge in [0, 0.05) is 38.6 Å². The standard InChI is InChI=1S/C23H30N4O/c1-25-22-9-3-2-8-21(22)24-23(25)18-6-4-12-27(16-18)19-10-13-26(14-11-19)17-20-7-5-15-28-20/h2-3,5,7-9,15,18-19H,4,6,10-14,16-17H2,1H3. The van der Waals surface area contributed by atoms with Crippen LogP contribution >= 0.6 is 0 Å². The van der Waals surface area contributed by atoms with Gasteiger partial charge in [-0.3, -0.25) is 9.80 Å². The van der Waals surface area contributed by atoms with Crippen molar-refractivity contribution in [2.45, 2.75) is 44.2 Å². The highest BCUT2D eigenvalue weighted by atomic mass is 16.3. The third-order valence-corrected chi connectivity index (χ3v) is 6.67. The Balaban J connectivity index is 1.23. The fourth-order valence-electron chi connectivity index (χ4n) is 5.14. The van der Waals surface area contributed by atoms with E-state index in [0.717, 1.165) is 24.4 Å². The predicted molar refractivity (Wildman–Crippen MR) is 111 cm³/mol. The van der Waals surface area contributed by atoms with E-state index < -0.39 is 0 Å². The van der Waals surface area contributed by atoms with Crippen LogP contribution in [-0.2, 0) is 13.6 Å². The molecule has 148 valence electrons. The third kappa shape index (κ3) is 3.49. The number of fused-ring (bicyclic) bond motifs is 1. The second kappa shape index (κ2) is 7.72. The summed E-state index contributed by atoms with van der Waals surface area (Å²) < 4.78 is 7.83. The molecule has 1 aromatic carbocycles. The molecule has 5 rings (SSSR count). The van der Waals surface area contributed by atoms with Gasteiger partial charge in [0.1, 0.15) is 11.6 Å². The minimum absolute atomic E-state index is 0.548. The second-order valence-electron chi connectivity index (χ2n) is 8.44. The van der Waals surface area contributed by atoms with Crippen LogP contribution in [0.15, 0.2) is 47.1 Å². The largest absolute Gasteiger partial charge is 0.468 e. The van der Waals surface area contributed by atoms with E-state index in [2.05, 4.69) is 51.7 Å². The Morgan fingerprint density at radius 1 is 1.04 bits per heavy atom. The van der Waals surface area contributed by atoms with Crippen LogP contribution in [0.5, 0.6) is 0 Å². The van der Waals surface area contributed by atoms with Crippen molar-refractivity contribution >= 4 is 11.0 Å². The van der Waals surface area contributed by atoms with Gasteiger partial charge >= 0.3 is 0 Å². The Bertz CT molecular complexity index is 908. The molecule has 4 heterocycles. The number of piperidine rings is 2. The van der Waals surface area contributed by atoms with Crippen LogP contribution in [0.4, 0.5) is 0 Å². The average molecular weight is 379 g/mol. The highest BCUT2D eigenvalue weighted by molar-refractivity contribution is 5.75. The molecule has 28 heavy (non-hydrogen) atoms. The van der Waals surface area contributed by atoms with Crippen LogP contribution in [0, 0.1) is 0 Å². The zero-order valence-corrected chi connectivity index (χ0v) is 16.8. The summed E-state index contributed by atoms with van der Waals surface area (Å²) in [5, 5.41) is 0.